The van der Waals surface area contributed by atoms with E-state index in [-0.39, 0.29) is 0 Å². The maximum absolute atomic E-state index is 9.43. The van der Waals surface area contributed by atoms with Gasteiger partial charge in [0.1, 0.15) is 5.75 Å². The standard InChI is InChI=1S/C19H31NO/c1-16(10-11-17-6-3-2-4-7-17)15-20-13-12-18-8-5-9-19(21)14-18/h5,8-9,14,16-17,20-21H,2-4,6-7,10-13,15H2,1H3. The van der Waals surface area contributed by atoms with E-state index in [0.717, 1.165) is 31.3 Å². The lowest BCUT2D eigenvalue weighted by Gasteiger charge is -2.23. The number of benzene rings is 1. The molecule has 0 heterocycles. The molecule has 0 aromatic heterocycles. The van der Waals surface area contributed by atoms with Gasteiger partial charge in [0, 0.05) is 0 Å². The third kappa shape index (κ3) is 6.52. The number of hydrogen-bond donors (Lipinski definition) is 2. The van der Waals surface area contributed by atoms with Crippen LogP contribution in [0.1, 0.15) is 57.4 Å². The summed E-state index contributed by atoms with van der Waals surface area (Å²) in [5.41, 5.74) is 1.21. The third-order valence-electron chi connectivity index (χ3n) is 4.79. The van der Waals surface area contributed by atoms with Gasteiger partial charge in [0.15, 0.2) is 0 Å². The molecule has 0 saturated heterocycles. The average Bonchev–Trinajstić information content (AvgIpc) is 2.51. The molecule has 0 bridgehead atoms. The van der Waals surface area contributed by atoms with E-state index in [1.54, 1.807) is 6.07 Å². The minimum absolute atomic E-state index is 0.369. The fraction of sp³-hybridized carbons (Fsp3) is 0.684. The summed E-state index contributed by atoms with van der Waals surface area (Å²) < 4.78 is 0. The topological polar surface area (TPSA) is 32.3 Å². The zero-order valence-corrected chi connectivity index (χ0v) is 13.5. The zero-order chi connectivity index (χ0) is 14.9. The van der Waals surface area contributed by atoms with Crippen molar-refractivity contribution in [3.05, 3.63) is 29.8 Å². The van der Waals surface area contributed by atoms with Crippen molar-refractivity contribution in [1.82, 2.24) is 5.32 Å². The van der Waals surface area contributed by atoms with Gasteiger partial charge < -0.3 is 10.4 Å². The molecule has 2 rings (SSSR count). The molecule has 0 aliphatic heterocycles. The third-order valence-corrected chi connectivity index (χ3v) is 4.79. The maximum atomic E-state index is 9.43. The molecule has 118 valence electrons. The molecule has 2 N–H and O–H groups in total. The van der Waals surface area contributed by atoms with Crippen LogP contribution in [0.2, 0.25) is 0 Å². The Morgan fingerprint density at radius 1 is 1.24 bits per heavy atom. The van der Waals surface area contributed by atoms with Gasteiger partial charge in [-0.05, 0) is 55.5 Å². The van der Waals surface area contributed by atoms with Gasteiger partial charge in [0.2, 0.25) is 0 Å². The van der Waals surface area contributed by atoms with E-state index >= 15 is 0 Å². The van der Waals surface area contributed by atoms with Crippen LogP contribution >= 0.6 is 0 Å². The second-order valence-electron chi connectivity index (χ2n) is 6.81. The SMILES string of the molecule is CC(CCC1CCCCC1)CNCCc1cccc(O)c1. The number of aromatic hydroxyl groups is 1. The number of phenolic OH excluding ortho intramolecular Hbond substituents is 1. The second-order valence-corrected chi connectivity index (χ2v) is 6.81. The van der Waals surface area contributed by atoms with E-state index in [1.165, 1.54) is 50.5 Å². The highest BCUT2D eigenvalue weighted by atomic mass is 16.3. The zero-order valence-electron chi connectivity index (χ0n) is 13.5. The molecule has 1 saturated carbocycles. The Hall–Kier alpha value is -1.02. The smallest absolute Gasteiger partial charge is 0.115 e. The highest BCUT2D eigenvalue weighted by Crippen LogP contribution is 2.28. The van der Waals surface area contributed by atoms with Crippen LogP contribution in [0.3, 0.4) is 0 Å². The molecule has 1 aromatic carbocycles. The van der Waals surface area contributed by atoms with Gasteiger partial charge in [-0.3, -0.25) is 0 Å². The summed E-state index contributed by atoms with van der Waals surface area (Å²) >= 11 is 0. The summed E-state index contributed by atoms with van der Waals surface area (Å²) in [7, 11) is 0. The first-order valence-electron chi connectivity index (χ1n) is 8.72. The average molecular weight is 289 g/mol. The van der Waals surface area contributed by atoms with Crippen LogP contribution in [0.4, 0.5) is 0 Å². The lowest BCUT2D eigenvalue weighted by Crippen LogP contribution is -2.24. The van der Waals surface area contributed by atoms with Gasteiger partial charge >= 0.3 is 0 Å². The van der Waals surface area contributed by atoms with E-state index in [1.807, 2.05) is 12.1 Å². The van der Waals surface area contributed by atoms with E-state index in [0.29, 0.717) is 5.75 Å². The number of phenols is 1. The summed E-state index contributed by atoms with van der Waals surface area (Å²) in [6.07, 6.45) is 11.1. The Balaban J connectivity index is 1.53. The molecule has 0 radical (unpaired) electrons. The van der Waals surface area contributed by atoms with Crippen molar-refractivity contribution in [2.45, 2.75) is 58.3 Å². The van der Waals surface area contributed by atoms with E-state index in [4.69, 9.17) is 0 Å². The normalized spacial score (nSPS) is 17.8. The van der Waals surface area contributed by atoms with Crippen molar-refractivity contribution in [3.8, 4) is 5.75 Å². The number of hydrogen-bond acceptors (Lipinski definition) is 2. The molecule has 1 atom stereocenters. The van der Waals surface area contributed by atoms with Crippen molar-refractivity contribution in [3.63, 3.8) is 0 Å². The highest BCUT2D eigenvalue weighted by Gasteiger charge is 2.14. The molecule has 2 heteroatoms. The van der Waals surface area contributed by atoms with Crippen molar-refractivity contribution in [1.29, 1.82) is 0 Å². The molecule has 1 aromatic rings. The fourth-order valence-electron chi connectivity index (χ4n) is 3.39. The molecule has 1 aliphatic carbocycles. The first kappa shape index (κ1) is 16.4. The first-order chi connectivity index (χ1) is 10.2. The molecule has 0 spiro atoms. The fourth-order valence-corrected chi connectivity index (χ4v) is 3.39. The van der Waals surface area contributed by atoms with Gasteiger partial charge in [0.25, 0.3) is 0 Å². The maximum Gasteiger partial charge on any atom is 0.115 e. The summed E-state index contributed by atoms with van der Waals surface area (Å²) in [5, 5.41) is 13.0. The summed E-state index contributed by atoms with van der Waals surface area (Å²) in [6.45, 7) is 4.48. The molecule has 1 fully saturated rings. The van der Waals surface area contributed by atoms with Crippen LogP contribution in [0.25, 0.3) is 0 Å². The number of rotatable bonds is 8. The predicted molar refractivity (Wildman–Crippen MR) is 89.7 cm³/mol. The Kier molecular flexibility index (Phi) is 7.08. The van der Waals surface area contributed by atoms with Crippen LogP contribution < -0.4 is 5.32 Å². The van der Waals surface area contributed by atoms with Gasteiger partial charge in [-0.2, -0.15) is 0 Å². The van der Waals surface area contributed by atoms with E-state index in [2.05, 4.69) is 18.3 Å². The van der Waals surface area contributed by atoms with Crippen LogP contribution in [0, 0.1) is 11.8 Å². The molecule has 2 nitrogen and oxygen atoms in total. The van der Waals surface area contributed by atoms with Gasteiger partial charge in [-0.15, -0.1) is 0 Å². The van der Waals surface area contributed by atoms with Gasteiger partial charge in [-0.1, -0.05) is 57.6 Å². The summed E-state index contributed by atoms with van der Waals surface area (Å²) in [6, 6.07) is 7.57. The lowest BCUT2D eigenvalue weighted by atomic mass is 9.84. The molecule has 1 unspecified atom stereocenters. The highest BCUT2D eigenvalue weighted by molar-refractivity contribution is 5.27. The molecule has 0 amide bonds. The largest absolute Gasteiger partial charge is 0.508 e. The van der Waals surface area contributed by atoms with Crippen LogP contribution in [0.15, 0.2) is 24.3 Å². The molecular formula is C19H31NO. The minimum Gasteiger partial charge on any atom is -0.508 e. The number of nitrogens with one attached hydrogen (secondary N) is 1. The Labute approximate surface area is 130 Å². The van der Waals surface area contributed by atoms with Crippen LogP contribution in [-0.4, -0.2) is 18.2 Å². The molecular weight excluding hydrogens is 258 g/mol. The van der Waals surface area contributed by atoms with Gasteiger partial charge in [-0.25, -0.2) is 0 Å². The monoisotopic (exact) mass is 289 g/mol. The Morgan fingerprint density at radius 3 is 2.81 bits per heavy atom. The van der Waals surface area contributed by atoms with Crippen molar-refractivity contribution in [2.24, 2.45) is 11.8 Å². The van der Waals surface area contributed by atoms with E-state index in [9.17, 15) is 5.11 Å². The van der Waals surface area contributed by atoms with Gasteiger partial charge in [0.05, 0.1) is 0 Å². The lowest BCUT2D eigenvalue weighted by molar-refractivity contribution is 0.310. The Bertz CT molecular complexity index is 398. The van der Waals surface area contributed by atoms with E-state index < -0.39 is 0 Å². The second kappa shape index (κ2) is 9.09. The van der Waals surface area contributed by atoms with Crippen LogP contribution in [0.5, 0.6) is 5.75 Å². The van der Waals surface area contributed by atoms with Crippen molar-refractivity contribution >= 4 is 0 Å². The van der Waals surface area contributed by atoms with Crippen molar-refractivity contribution in [2.75, 3.05) is 13.1 Å². The summed E-state index contributed by atoms with van der Waals surface area (Å²) in [4.78, 5) is 0. The Morgan fingerprint density at radius 2 is 2.05 bits per heavy atom. The molecule has 1 aliphatic rings. The first-order valence-corrected chi connectivity index (χ1v) is 8.72. The summed E-state index contributed by atoms with van der Waals surface area (Å²) in [5.74, 6) is 2.15. The minimum atomic E-state index is 0.369. The predicted octanol–water partition coefficient (Wildman–Crippen LogP) is 4.52. The van der Waals surface area contributed by atoms with Crippen LogP contribution in [-0.2, 0) is 6.42 Å². The van der Waals surface area contributed by atoms with Crippen molar-refractivity contribution < 1.29 is 5.11 Å². The quantitative estimate of drug-likeness (QED) is 0.690. The molecule has 21 heavy (non-hydrogen) atoms.